The van der Waals surface area contributed by atoms with E-state index in [1.807, 2.05) is 22.6 Å². The zero-order valence-electron chi connectivity index (χ0n) is 6.23. The number of rotatable bonds is 0. The number of benzene rings is 1. The first-order valence-corrected chi connectivity index (χ1v) is 4.52. The van der Waals surface area contributed by atoms with E-state index in [1.165, 1.54) is 6.07 Å². The summed E-state index contributed by atoms with van der Waals surface area (Å²) in [5.74, 6) is -1.49. The molecule has 2 rings (SSSR count). The summed E-state index contributed by atoms with van der Waals surface area (Å²) in [7, 11) is 0. The smallest absolute Gasteiger partial charge is 0.260 e. The van der Waals surface area contributed by atoms with Gasteiger partial charge in [0.05, 0.1) is 11.1 Å². The standard InChI is InChI=1S/C8H3FINO2/c9-3-1-4-6(5(10)2-3)8(13)11-7(4)12/h1-2H,(H,11,12,13). The highest BCUT2D eigenvalue weighted by molar-refractivity contribution is 14.1. The van der Waals surface area contributed by atoms with E-state index in [0.717, 1.165) is 6.07 Å². The molecule has 0 saturated heterocycles. The molecule has 2 amide bonds. The Morgan fingerprint density at radius 2 is 1.92 bits per heavy atom. The molecule has 0 saturated carbocycles. The van der Waals surface area contributed by atoms with Gasteiger partial charge in [-0.2, -0.15) is 0 Å². The molecule has 13 heavy (non-hydrogen) atoms. The number of amides is 2. The van der Waals surface area contributed by atoms with Crippen LogP contribution in [0.1, 0.15) is 20.7 Å². The van der Waals surface area contributed by atoms with Gasteiger partial charge in [0, 0.05) is 3.57 Å². The Bertz CT molecular complexity index is 430. The third kappa shape index (κ3) is 1.23. The number of nitrogens with one attached hydrogen (secondary N) is 1. The van der Waals surface area contributed by atoms with Gasteiger partial charge in [0.25, 0.3) is 11.8 Å². The van der Waals surface area contributed by atoms with Crippen molar-refractivity contribution in [3.8, 4) is 0 Å². The molecule has 1 aromatic rings. The first kappa shape index (κ1) is 8.61. The van der Waals surface area contributed by atoms with Crippen molar-refractivity contribution in [1.82, 2.24) is 5.32 Å². The average Bonchev–Trinajstić information content (AvgIpc) is 2.27. The molecule has 0 aromatic heterocycles. The van der Waals surface area contributed by atoms with Gasteiger partial charge in [-0.15, -0.1) is 0 Å². The minimum atomic E-state index is -0.530. The molecule has 1 heterocycles. The molecule has 0 atom stereocenters. The lowest BCUT2D eigenvalue weighted by atomic mass is 10.1. The molecule has 0 bridgehead atoms. The first-order valence-electron chi connectivity index (χ1n) is 3.44. The molecule has 1 aromatic carbocycles. The zero-order chi connectivity index (χ0) is 9.59. The van der Waals surface area contributed by atoms with Crippen LogP contribution in [0.2, 0.25) is 0 Å². The van der Waals surface area contributed by atoms with Crippen molar-refractivity contribution in [2.75, 3.05) is 0 Å². The highest BCUT2D eigenvalue weighted by Gasteiger charge is 2.29. The van der Waals surface area contributed by atoms with Crippen LogP contribution >= 0.6 is 22.6 Å². The van der Waals surface area contributed by atoms with Crippen LogP contribution in [0.5, 0.6) is 0 Å². The van der Waals surface area contributed by atoms with Gasteiger partial charge in [0.1, 0.15) is 5.82 Å². The normalized spacial score (nSPS) is 14.3. The number of fused-ring (bicyclic) bond motifs is 1. The van der Waals surface area contributed by atoms with Crippen molar-refractivity contribution in [3.05, 3.63) is 32.6 Å². The van der Waals surface area contributed by atoms with Crippen molar-refractivity contribution in [1.29, 1.82) is 0 Å². The molecule has 1 aliphatic heterocycles. The molecule has 5 heteroatoms. The Morgan fingerprint density at radius 1 is 1.23 bits per heavy atom. The van der Waals surface area contributed by atoms with Crippen LogP contribution in [0.25, 0.3) is 0 Å². The van der Waals surface area contributed by atoms with Gasteiger partial charge in [0.2, 0.25) is 0 Å². The summed E-state index contributed by atoms with van der Waals surface area (Å²) in [6.45, 7) is 0. The number of carbonyl (C=O) groups excluding carboxylic acids is 2. The van der Waals surface area contributed by atoms with Gasteiger partial charge in [-0.1, -0.05) is 0 Å². The summed E-state index contributed by atoms with van der Waals surface area (Å²) in [4.78, 5) is 22.2. The van der Waals surface area contributed by atoms with Gasteiger partial charge < -0.3 is 0 Å². The first-order chi connectivity index (χ1) is 6.09. The van der Waals surface area contributed by atoms with E-state index in [-0.39, 0.29) is 11.1 Å². The summed E-state index contributed by atoms with van der Waals surface area (Å²) >= 11 is 1.82. The van der Waals surface area contributed by atoms with Crippen molar-refractivity contribution in [3.63, 3.8) is 0 Å². The maximum absolute atomic E-state index is 12.8. The van der Waals surface area contributed by atoms with Crippen LogP contribution in [-0.2, 0) is 0 Å². The Hall–Kier alpha value is -0.980. The number of hydrogen-bond acceptors (Lipinski definition) is 2. The van der Waals surface area contributed by atoms with E-state index in [9.17, 15) is 14.0 Å². The van der Waals surface area contributed by atoms with Crippen LogP contribution in [0.4, 0.5) is 4.39 Å². The monoisotopic (exact) mass is 291 g/mol. The van der Waals surface area contributed by atoms with E-state index >= 15 is 0 Å². The summed E-state index contributed by atoms with van der Waals surface area (Å²) in [5.41, 5.74) is 0.390. The van der Waals surface area contributed by atoms with Crippen LogP contribution in [-0.4, -0.2) is 11.8 Å². The maximum Gasteiger partial charge on any atom is 0.260 e. The fraction of sp³-hybridized carbons (Fsp3) is 0. The molecule has 1 N–H and O–H groups in total. The second-order valence-corrected chi connectivity index (χ2v) is 3.76. The molecule has 1 aliphatic rings. The number of carbonyl (C=O) groups is 2. The molecular formula is C8H3FINO2. The Labute approximate surface area is 86.5 Å². The summed E-state index contributed by atoms with van der Waals surface area (Å²) in [6, 6.07) is 2.29. The van der Waals surface area contributed by atoms with Crippen molar-refractivity contribution >= 4 is 34.4 Å². The van der Waals surface area contributed by atoms with E-state index < -0.39 is 17.6 Å². The number of halogens is 2. The lowest BCUT2D eigenvalue weighted by Crippen LogP contribution is -2.20. The Kier molecular flexibility index (Phi) is 1.83. The number of hydrogen-bond donors (Lipinski definition) is 1. The second kappa shape index (κ2) is 2.76. The van der Waals surface area contributed by atoms with Crippen LogP contribution in [0.3, 0.4) is 0 Å². The lowest BCUT2D eigenvalue weighted by Gasteiger charge is -1.97. The van der Waals surface area contributed by atoms with Gasteiger partial charge in [0.15, 0.2) is 0 Å². The molecule has 0 spiro atoms. The molecule has 0 fully saturated rings. The fourth-order valence-electron chi connectivity index (χ4n) is 1.22. The minimum absolute atomic E-state index is 0.120. The van der Waals surface area contributed by atoms with Crippen molar-refractivity contribution in [2.45, 2.75) is 0 Å². The van der Waals surface area contributed by atoms with Gasteiger partial charge in [-0.05, 0) is 34.7 Å². The van der Waals surface area contributed by atoms with Gasteiger partial charge in [-0.25, -0.2) is 4.39 Å². The van der Waals surface area contributed by atoms with Gasteiger partial charge in [-0.3, -0.25) is 14.9 Å². The Balaban J connectivity index is 2.77. The van der Waals surface area contributed by atoms with Crippen LogP contribution in [0.15, 0.2) is 12.1 Å². The highest BCUT2D eigenvalue weighted by Crippen LogP contribution is 2.22. The fourth-order valence-corrected chi connectivity index (χ4v) is 2.05. The summed E-state index contributed by atoms with van der Waals surface area (Å²) < 4.78 is 13.3. The van der Waals surface area contributed by atoms with E-state index in [2.05, 4.69) is 5.32 Å². The summed E-state index contributed by atoms with van der Waals surface area (Å²) in [6.07, 6.45) is 0. The Morgan fingerprint density at radius 3 is 2.62 bits per heavy atom. The van der Waals surface area contributed by atoms with Gasteiger partial charge >= 0.3 is 0 Å². The topological polar surface area (TPSA) is 46.2 Å². The molecule has 66 valence electrons. The predicted molar refractivity (Wildman–Crippen MR) is 50.9 cm³/mol. The highest BCUT2D eigenvalue weighted by atomic mass is 127. The average molecular weight is 291 g/mol. The number of imide groups is 1. The second-order valence-electron chi connectivity index (χ2n) is 2.59. The quantitative estimate of drug-likeness (QED) is 0.579. The molecule has 3 nitrogen and oxygen atoms in total. The van der Waals surface area contributed by atoms with Crippen molar-refractivity contribution < 1.29 is 14.0 Å². The molecule has 0 radical (unpaired) electrons. The predicted octanol–water partition coefficient (Wildman–Crippen LogP) is 1.31. The third-order valence-electron chi connectivity index (χ3n) is 1.75. The molecule has 0 unspecified atom stereocenters. The summed E-state index contributed by atoms with van der Waals surface area (Å²) in [5, 5.41) is 2.10. The largest absolute Gasteiger partial charge is 0.288 e. The third-order valence-corrected chi connectivity index (χ3v) is 2.60. The zero-order valence-corrected chi connectivity index (χ0v) is 8.38. The molecular weight excluding hydrogens is 288 g/mol. The lowest BCUT2D eigenvalue weighted by molar-refractivity contribution is 0.0879. The van der Waals surface area contributed by atoms with E-state index in [4.69, 9.17) is 0 Å². The van der Waals surface area contributed by atoms with Crippen LogP contribution in [0, 0.1) is 9.39 Å². The minimum Gasteiger partial charge on any atom is -0.288 e. The van der Waals surface area contributed by atoms with Crippen LogP contribution < -0.4 is 5.32 Å². The molecule has 0 aliphatic carbocycles. The van der Waals surface area contributed by atoms with Crippen molar-refractivity contribution in [2.24, 2.45) is 0 Å². The van der Waals surface area contributed by atoms with E-state index in [1.54, 1.807) is 0 Å². The van der Waals surface area contributed by atoms with E-state index in [0.29, 0.717) is 3.57 Å². The maximum atomic E-state index is 12.8. The SMILES string of the molecule is O=C1NC(=O)c2c(I)cc(F)cc21.